The van der Waals surface area contributed by atoms with Crippen molar-refractivity contribution in [2.24, 2.45) is 0 Å². The average molecular weight is 544 g/mol. The smallest absolute Gasteiger partial charge is 0.182 e. The zero-order valence-corrected chi connectivity index (χ0v) is 21.0. The minimum atomic E-state index is 0.450. The maximum Gasteiger partial charge on any atom is 0.182 e. The molecule has 6 rings (SSSR count). The number of nitrogens with zero attached hydrogens (tertiary/aromatic N) is 7. The van der Waals surface area contributed by atoms with Crippen LogP contribution in [0.25, 0.3) is 57.2 Å². The molecule has 5 heterocycles. The molecular formula is C29H18BrN7. The van der Waals surface area contributed by atoms with Gasteiger partial charge in [0, 0.05) is 22.4 Å². The number of halogens is 1. The summed E-state index contributed by atoms with van der Waals surface area (Å²) in [4.78, 5) is 32.8. The Kier molecular flexibility index (Phi) is 6.22. The van der Waals surface area contributed by atoms with Crippen LogP contribution in [-0.4, -0.2) is 34.9 Å². The third kappa shape index (κ3) is 5.00. The summed E-state index contributed by atoms with van der Waals surface area (Å²) in [5.41, 5.74) is 5.11. The molecule has 1 aromatic carbocycles. The summed E-state index contributed by atoms with van der Waals surface area (Å²) in [6.45, 7) is 0. The van der Waals surface area contributed by atoms with Gasteiger partial charge in [-0.05, 0) is 60.7 Å². The van der Waals surface area contributed by atoms with Crippen LogP contribution < -0.4 is 0 Å². The van der Waals surface area contributed by atoms with Crippen LogP contribution in [0.4, 0.5) is 0 Å². The van der Waals surface area contributed by atoms with Crippen LogP contribution in [0.1, 0.15) is 0 Å². The van der Waals surface area contributed by atoms with Gasteiger partial charge in [0.15, 0.2) is 17.5 Å². The van der Waals surface area contributed by atoms with Crippen molar-refractivity contribution in [1.82, 2.24) is 34.9 Å². The van der Waals surface area contributed by atoms with Gasteiger partial charge in [-0.1, -0.05) is 52.3 Å². The van der Waals surface area contributed by atoms with Crippen molar-refractivity contribution in [3.05, 3.63) is 114 Å². The van der Waals surface area contributed by atoms with Gasteiger partial charge in [-0.3, -0.25) is 9.97 Å². The highest BCUT2D eigenvalue weighted by Crippen LogP contribution is 2.26. The molecule has 5 aromatic heterocycles. The van der Waals surface area contributed by atoms with E-state index in [0.29, 0.717) is 28.9 Å². The molecule has 0 atom stereocenters. The topological polar surface area (TPSA) is 90.2 Å². The van der Waals surface area contributed by atoms with Crippen molar-refractivity contribution in [2.45, 2.75) is 0 Å². The molecule has 0 aliphatic rings. The number of hydrogen-bond acceptors (Lipinski definition) is 7. The first-order valence-corrected chi connectivity index (χ1v) is 12.3. The van der Waals surface area contributed by atoms with Gasteiger partial charge in [0.25, 0.3) is 0 Å². The largest absolute Gasteiger partial charge is 0.255 e. The molecule has 8 heteroatoms. The quantitative estimate of drug-likeness (QED) is 0.243. The first kappa shape index (κ1) is 22.8. The van der Waals surface area contributed by atoms with Gasteiger partial charge in [-0.2, -0.15) is 0 Å². The summed E-state index contributed by atoms with van der Waals surface area (Å²) in [6.07, 6.45) is 3.49. The van der Waals surface area contributed by atoms with Gasteiger partial charge in [0.05, 0.1) is 22.8 Å². The van der Waals surface area contributed by atoms with E-state index in [1.54, 1.807) is 12.4 Å². The van der Waals surface area contributed by atoms with Crippen molar-refractivity contribution < 1.29 is 0 Å². The molecule has 0 N–H and O–H groups in total. The molecule has 6 aromatic rings. The summed E-state index contributed by atoms with van der Waals surface area (Å²) in [6, 6.07) is 30.8. The van der Waals surface area contributed by atoms with Crippen molar-refractivity contribution in [3.8, 4) is 57.2 Å². The predicted molar refractivity (Wildman–Crippen MR) is 146 cm³/mol. The van der Waals surface area contributed by atoms with E-state index in [1.165, 1.54) is 0 Å². The Labute approximate surface area is 221 Å². The molecule has 176 valence electrons. The van der Waals surface area contributed by atoms with Gasteiger partial charge < -0.3 is 0 Å². The zero-order chi connectivity index (χ0) is 25.0. The Hall–Kier alpha value is -4.69. The number of hydrogen-bond donors (Lipinski definition) is 0. The Bertz CT molecular complexity index is 1570. The van der Waals surface area contributed by atoms with Crippen LogP contribution >= 0.6 is 15.9 Å². The van der Waals surface area contributed by atoms with Crippen LogP contribution in [0.5, 0.6) is 0 Å². The van der Waals surface area contributed by atoms with E-state index in [2.05, 4.69) is 25.9 Å². The fourth-order valence-electron chi connectivity index (χ4n) is 3.77. The normalized spacial score (nSPS) is 10.8. The van der Waals surface area contributed by atoms with E-state index in [9.17, 15) is 0 Å². The van der Waals surface area contributed by atoms with E-state index in [-0.39, 0.29) is 0 Å². The number of aromatic nitrogens is 7. The molecule has 37 heavy (non-hydrogen) atoms. The van der Waals surface area contributed by atoms with Crippen molar-refractivity contribution in [2.75, 3.05) is 0 Å². The second-order valence-electron chi connectivity index (χ2n) is 8.06. The second kappa shape index (κ2) is 10.1. The van der Waals surface area contributed by atoms with Crippen molar-refractivity contribution in [1.29, 1.82) is 0 Å². The lowest BCUT2D eigenvalue weighted by Crippen LogP contribution is -2.03. The van der Waals surface area contributed by atoms with Crippen LogP contribution in [0, 0.1) is 0 Å². The molecule has 0 fully saturated rings. The van der Waals surface area contributed by atoms with Gasteiger partial charge in [0.1, 0.15) is 11.4 Å². The van der Waals surface area contributed by atoms with Crippen molar-refractivity contribution >= 4 is 15.9 Å². The van der Waals surface area contributed by atoms with E-state index in [4.69, 9.17) is 24.9 Å². The van der Waals surface area contributed by atoms with Gasteiger partial charge >= 0.3 is 0 Å². The monoisotopic (exact) mass is 543 g/mol. The zero-order valence-electron chi connectivity index (χ0n) is 19.4. The summed E-state index contributed by atoms with van der Waals surface area (Å²) >= 11 is 3.50. The highest BCUT2D eigenvalue weighted by molar-refractivity contribution is 9.10. The molecule has 0 amide bonds. The molecule has 0 radical (unpaired) electrons. The third-order valence-corrected chi connectivity index (χ3v) is 6.08. The van der Waals surface area contributed by atoms with E-state index >= 15 is 0 Å². The maximum atomic E-state index is 4.81. The van der Waals surface area contributed by atoms with Gasteiger partial charge in [0.2, 0.25) is 0 Å². The maximum absolute atomic E-state index is 4.81. The van der Waals surface area contributed by atoms with Crippen LogP contribution in [0.15, 0.2) is 114 Å². The summed E-state index contributed by atoms with van der Waals surface area (Å²) < 4.78 is 0.972. The fourth-order valence-corrected chi connectivity index (χ4v) is 4.03. The van der Waals surface area contributed by atoms with Crippen molar-refractivity contribution in [3.63, 3.8) is 0 Å². The van der Waals surface area contributed by atoms with Crippen LogP contribution in [-0.2, 0) is 0 Å². The third-order valence-electron chi connectivity index (χ3n) is 5.55. The summed E-state index contributed by atoms with van der Waals surface area (Å²) in [5.74, 6) is 1.43. The van der Waals surface area contributed by atoms with E-state index < -0.39 is 0 Å². The van der Waals surface area contributed by atoms with E-state index in [0.717, 1.165) is 32.8 Å². The Morgan fingerprint density at radius 3 is 1.32 bits per heavy atom. The fraction of sp³-hybridized carbons (Fsp3) is 0. The first-order chi connectivity index (χ1) is 18.2. The SMILES string of the molecule is Brc1ccc(-c2nc(-c3cccc(-c4ccccn4)n3)nc(-c3cccc(-c4ccccn4)n3)n2)cc1. The number of benzene rings is 1. The molecule has 7 nitrogen and oxygen atoms in total. The Morgan fingerprint density at radius 1 is 0.378 bits per heavy atom. The number of pyridine rings is 4. The number of rotatable bonds is 5. The first-order valence-electron chi connectivity index (χ1n) is 11.5. The molecule has 0 bridgehead atoms. The minimum Gasteiger partial charge on any atom is -0.255 e. The molecule has 0 saturated heterocycles. The lowest BCUT2D eigenvalue weighted by Gasteiger charge is -2.09. The molecule has 0 unspecified atom stereocenters. The summed E-state index contributed by atoms with van der Waals surface area (Å²) in [5, 5.41) is 0. The summed E-state index contributed by atoms with van der Waals surface area (Å²) in [7, 11) is 0. The highest BCUT2D eigenvalue weighted by Gasteiger charge is 2.15. The second-order valence-corrected chi connectivity index (χ2v) is 8.97. The van der Waals surface area contributed by atoms with Gasteiger partial charge in [-0.15, -0.1) is 0 Å². The van der Waals surface area contributed by atoms with Crippen LogP contribution in [0.2, 0.25) is 0 Å². The Morgan fingerprint density at radius 2 is 0.838 bits per heavy atom. The predicted octanol–water partition coefficient (Wildman–Crippen LogP) is 6.55. The van der Waals surface area contributed by atoms with Crippen LogP contribution in [0.3, 0.4) is 0 Å². The lowest BCUT2D eigenvalue weighted by molar-refractivity contribution is 1.04. The minimum absolute atomic E-state index is 0.450. The highest BCUT2D eigenvalue weighted by atomic mass is 79.9. The Balaban J connectivity index is 1.50. The molecule has 0 aliphatic heterocycles. The van der Waals surface area contributed by atoms with Gasteiger partial charge in [-0.25, -0.2) is 24.9 Å². The average Bonchev–Trinajstić information content (AvgIpc) is 2.98. The standard InChI is InChI=1S/C29H18BrN7/c30-20-15-13-19(14-16-20)27-35-28(25-11-5-9-23(33-25)21-7-1-3-17-31-21)37-29(36-27)26-12-6-10-24(34-26)22-8-2-4-18-32-22/h1-18H. The van der Waals surface area contributed by atoms with E-state index in [1.807, 2.05) is 97.1 Å². The molecule has 0 spiro atoms. The lowest BCUT2D eigenvalue weighted by atomic mass is 10.2. The molecule has 0 saturated carbocycles. The molecule has 0 aliphatic carbocycles. The molecular weight excluding hydrogens is 526 g/mol.